The third kappa shape index (κ3) is 3.95. The van der Waals surface area contributed by atoms with Gasteiger partial charge in [0.25, 0.3) is 0 Å². The zero-order valence-corrected chi connectivity index (χ0v) is 15.7. The molecule has 142 valence electrons. The van der Waals surface area contributed by atoms with E-state index in [0.717, 1.165) is 25.1 Å². The van der Waals surface area contributed by atoms with Crippen molar-refractivity contribution in [2.45, 2.75) is 32.6 Å². The highest BCUT2D eigenvalue weighted by atomic mass is 19.1. The molecule has 0 saturated carbocycles. The maximum atomic E-state index is 14.5. The monoisotopic (exact) mass is 368 g/mol. The number of halogens is 1. The lowest BCUT2D eigenvalue weighted by Crippen LogP contribution is -2.20. The molecule has 0 aliphatic carbocycles. The van der Waals surface area contributed by atoms with Crippen LogP contribution in [0.5, 0.6) is 5.75 Å². The molecular formula is C21H25FN4O. The van der Waals surface area contributed by atoms with E-state index in [9.17, 15) is 4.39 Å². The Kier molecular flexibility index (Phi) is 5.34. The Hall–Kier alpha value is -2.47. The molecule has 0 unspecified atom stereocenters. The number of hydrogen-bond acceptors (Lipinski definition) is 4. The molecule has 3 heterocycles. The van der Waals surface area contributed by atoms with E-state index in [1.54, 1.807) is 22.8 Å². The van der Waals surface area contributed by atoms with Crippen LogP contribution in [-0.2, 0) is 6.42 Å². The van der Waals surface area contributed by atoms with Crippen LogP contribution in [0.3, 0.4) is 0 Å². The first-order chi connectivity index (χ1) is 13.2. The summed E-state index contributed by atoms with van der Waals surface area (Å²) in [7, 11) is 0. The largest absolute Gasteiger partial charge is 0.494 e. The van der Waals surface area contributed by atoms with Gasteiger partial charge in [-0.3, -0.25) is 0 Å². The molecule has 1 fully saturated rings. The maximum absolute atomic E-state index is 14.5. The average molecular weight is 368 g/mol. The van der Waals surface area contributed by atoms with Gasteiger partial charge in [-0.1, -0.05) is 0 Å². The fourth-order valence-electron chi connectivity index (χ4n) is 3.69. The van der Waals surface area contributed by atoms with Crippen LogP contribution in [0.4, 0.5) is 4.39 Å². The molecule has 3 aromatic rings. The molecule has 27 heavy (non-hydrogen) atoms. The van der Waals surface area contributed by atoms with E-state index in [1.165, 1.54) is 32.0 Å². The van der Waals surface area contributed by atoms with Crippen molar-refractivity contribution in [1.82, 2.24) is 19.5 Å². The Morgan fingerprint density at radius 3 is 2.81 bits per heavy atom. The van der Waals surface area contributed by atoms with Crippen LogP contribution in [0.15, 0.2) is 36.7 Å². The SMILES string of the molecule is CCOc1ccc(F)c(-c2cnn3ccc(CCCN4CCCC4)nc23)c1. The van der Waals surface area contributed by atoms with Crippen molar-refractivity contribution in [3.05, 3.63) is 48.2 Å². The van der Waals surface area contributed by atoms with Crippen molar-refractivity contribution in [1.29, 1.82) is 0 Å². The van der Waals surface area contributed by atoms with Crippen molar-refractivity contribution in [2.75, 3.05) is 26.2 Å². The van der Waals surface area contributed by atoms with Gasteiger partial charge in [-0.05, 0) is 76.5 Å². The second-order valence-corrected chi connectivity index (χ2v) is 6.97. The minimum atomic E-state index is -0.297. The molecule has 0 bridgehead atoms. The van der Waals surface area contributed by atoms with E-state index in [0.29, 0.717) is 29.1 Å². The van der Waals surface area contributed by atoms with Crippen molar-refractivity contribution < 1.29 is 9.13 Å². The highest BCUT2D eigenvalue weighted by molar-refractivity contribution is 5.78. The summed E-state index contributed by atoms with van der Waals surface area (Å²) in [6, 6.07) is 6.80. The number of rotatable bonds is 7. The highest BCUT2D eigenvalue weighted by Gasteiger charge is 2.15. The number of ether oxygens (including phenoxy) is 1. The summed E-state index contributed by atoms with van der Waals surface area (Å²) in [6.45, 7) is 6.00. The van der Waals surface area contributed by atoms with Crippen LogP contribution in [0.1, 0.15) is 31.9 Å². The van der Waals surface area contributed by atoms with Gasteiger partial charge in [0, 0.05) is 23.0 Å². The predicted octanol–water partition coefficient (Wildman–Crippen LogP) is 3.96. The summed E-state index contributed by atoms with van der Waals surface area (Å²) < 4.78 is 21.7. The van der Waals surface area contributed by atoms with Crippen LogP contribution >= 0.6 is 0 Å². The summed E-state index contributed by atoms with van der Waals surface area (Å²) in [5, 5.41) is 4.33. The lowest BCUT2D eigenvalue weighted by molar-refractivity contribution is 0.333. The lowest BCUT2D eigenvalue weighted by Gasteiger charge is -2.13. The van der Waals surface area contributed by atoms with E-state index >= 15 is 0 Å². The molecule has 0 atom stereocenters. The minimum absolute atomic E-state index is 0.297. The van der Waals surface area contributed by atoms with Crippen LogP contribution in [-0.4, -0.2) is 45.7 Å². The van der Waals surface area contributed by atoms with Gasteiger partial charge in [0.05, 0.1) is 12.8 Å². The molecule has 6 heteroatoms. The highest BCUT2D eigenvalue weighted by Crippen LogP contribution is 2.29. The van der Waals surface area contributed by atoms with Gasteiger partial charge in [0.15, 0.2) is 5.65 Å². The topological polar surface area (TPSA) is 42.7 Å². The molecule has 0 radical (unpaired) electrons. The van der Waals surface area contributed by atoms with E-state index in [4.69, 9.17) is 9.72 Å². The third-order valence-electron chi connectivity index (χ3n) is 5.07. The summed E-state index contributed by atoms with van der Waals surface area (Å²) >= 11 is 0. The first kappa shape index (κ1) is 17.9. The van der Waals surface area contributed by atoms with Crippen molar-refractivity contribution in [3.63, 3.8) is 0 Å². The van der Waals surface area contributed by atoms with E-state index in [-0.39, 0.29) is 5.82 Å². The van der Waals surface area contributed by atoms with Gasteiger partial charge in [0.2, 0.25) is 0 Å². The second-order valence-electron chi connectivity index (χ2n) is 6.97. The number of aryl methyl sites for hydroxylation is 1. The van der Waals surface area contributed by atoms with Gasteiger partial charge in [0.1, 0.15) is 11.6 Å². The lowest BCUT2D eigenvalue weighted by atomic mass is 10.1. The summed E-state index contributed by atoms with van der Waals surface area (Å²) in [5.41, 5.74) is 2.86. The molecule has 1 saturated heterocycles. The fraction of sp³-hybridized carbons (Fsp3) is 0.429. The molecule has 1 aliphatic rings. The molecule has 1 aliphatic heterocycles. The van der Waals surface area contributed by atoms with Gasteiger partial charge in [-0.15, -0.1) is 0 Å². The van der Waals surface area contributed by atoms with Crippen LogP contribution in [0.25, 0.3) is 16.8 Å². The molecule has 0 spiro atoms. The number of nitrogens with zero attached hydrogens (tertiary/aromatic N) is 4. The van der Waals surface area contributed by atoms with Gasteiger partial charge >= 0.3 is 0 Å². The molecule has 5 nitrogen and oxygen atoms in total. The van der Waals surface area contributed by atoms with Crippen LogP contribution in [0, 0.1) is 5.82 Å². The van der Waals surface area contributed by atoms with Crippen LogP contribution < -0.4 is 4.74 Å². The fourth-order valence-corrected chi connectivity index (χ4v) is 3.69. The summed E-state index contributed by atoms with van der Waals surface area (Å²) in [5.74, 6) is 0.351. The smallest absolute Gasteiger partial charge is 0.163 e. The third-order valence-corrected chi connectivity index (χ3v) is 5.07. The molecule has 0 amide bonds. The van der Waals surface area contributed by atoms with E-state index < -0.39 is 0 Å². The number of likely N-dealkylation sites (tertiary alicyclic amines) is 1. The average Bonchev–Trinajstić information content (AvgIpc) is 3.33. The summed E-state index contributed by atoms with van der Waals surface area (Å²) in [6.07, 6.45) is 8.21. The number of fused-ring (bicyclic) bond motifs is 1. The summed E-state index contributed by atoms with van der Waals surface area (Å²) in [4.78, 5) is 7.28. The predicted molar refractivity (Wildman–Crippen MR) is 104 cm³/mol. The van der Waals surface area contributed by atoms with Gasteiger partial charge in [-0.25, -0.2) is 13.9 Å². The van der Waals surface area contributed by atoms with Crippen molar-refractivity contribution in [2.24, 2.45) is 0 Å². The van der Waals surface area contributed by atoms with Crippen LogP contribution in [0.2, 0.25) is 0 Å². The zero-order chi connectivity index (χ0) is 18.6. The molecular weight excluding hydrogens is 343 g/mol. The first-order valence-electron chi connectivity index (χ1n) is 9.73. The van der Waals surface area contributed by atoms with Gasteiger partial charge in [-0.2, -0.15) is 5.10 Å². The normalized spacial score (nSPS) is 14.9. The minimum Gasteiger partial charge on any atom is -0.494 e. The Labute approximate surface area is 158 Å². The Morgan fingerprint density at radius 2 is 2.00 bits per heavy atom. The molecule has 4 rings (SSSR count). The van der Waals surface area contributed by atoms with E-state index in [1.807, 2.05) is 19.2 Å². The molecule has 0 N–H and O–H groups in total. The molecule has 2 aromatic heterocycles. The van der Waals surface area contributed by atoms with E-state index in [2.05, 4.69) is 10.00 Å². The van der Waals surface area contributed by atoms with Crippen molar-refractivity contribution in [3.8, 4) is 16.9 Å². The first-order valence-corrected chi connectivity index (χ1v) is 9.73. The Balaban J connectivity index is 1.57. The zero-order valence-electron chi connectivity index (χ0n) is 15.7. The number of aromatic nitrogens is 3. The second kappa shape index (κ2) is 8.05. The number of benzene rings is 1. The molecule has 1 aromatic carbocycles. The maximum Gasteiger partial charge on any atom is 0.163 e. The quantitative estimate of drug-likeness (QED) is 0.633. The number of hydrogen-bond donors (Lipinski definition) is 0. The Morgan fingerprint density at radius 1 is 1.15 bits per heavy atom. The van der Waals surface area contributed by atoms with Crippen molar-refractivity contribution >= 4 is 5.65 Å². The Bertz CT molecular complexity index is 918. The van der Waals surface area contributed by atoms with Gasteiger partial charge < -0.3 is 9.64 Å². The standard InChI is InChI=1S/C21H25FN4O/c1-2-27-17-7-8-20(22)18(14-17)19-15-23-26-13-9-16(24-21(19)26)6-5-12-25-10-3-4-11-25/h7-9,13-15H,2-6,10-12H2,1H3.